The second-order valence-electron chi connectivity index (χ2n) is 2.32. The van der Waals surface area contributed by atoms with Crippen molar-refractivity contribution in [2.24, 2.45) is 5.73 Å². The summed E-state index contributed by atoms with van der Waals surface area (Å²) in [5, 5.41) is 9.03. The lowest BCUT2D eigenvalue weighted by Crippen LogP contribution is -2.22. The molecule has 0 bridgehead atoms. The molecule has 2 atom stereocenters. The van der Waals surface area contributed by atoms with E-state index in [4.69, 9.17) is 15.3 Å². The first-order valence-electron chi connectivity index (χ1n) is 3.17. The summed E-state index contributed by atoms with van der Waals surface area (Å²) in [4.78, 5) is 0. The maximum absolute atomic E-state index is 9.03. The highest BCUT2D eigenvalue weighted by atomic mass is 16.3. The van der Waals surface area contributed by atoms with Crippen LogP contribution in [0.25, 0.3) is 0 Å². The van der Waals surface area contributed by atoms with Gasteiger partial charge in [0.2, 0.25) is 0 Å². The van der Waals surface area contributed by atoms with Gasteiger partial charge in [0.15, 0.2) is 0 Å². The lowest BCUT2D eigenvalue weighted by Gasteiger charge is -2.11. The van der Waals surface area contributed by atoms with E-state index in [1.165, 1.54) is 12.5 Å². The smallest absolute Gasteiger partial charge is 0.0951 e. The summed E-state index contributed by atoms with van der Waals surface area (Å²) in [5.74, 6) is 0. The molecular weight excluding hydrogens is 130 g/mol. The molecule has 1 aromatic rings. The van der Waals surface area contributed by atoms with Crippen LogP contribution < -0.4 is 5.73 Å². The van der Waals surface area contributed by atoms with Crippen molar-refractivity contribution in [3.63, 3.8) is 0 Å². The van der Waals surface area contributed by atoms with Gasteiger partial charge >= 0.3 is 0 Å². The number of nitrogens with two attached hydrogens (primary N) is 1. The molecule has 10 heavy (non-hydrogen) atoms. The molecular formula is C7H11NO2. The first kappa shape index (κ1) is 7.31. The Kier molecular flexibility index (Phi) is 2.09. The van der Waals surface area contributed by atoms with E-state index in [0.29, 0.717) is 0 Å². The minimum Gasteiger partial charge on any atom is -0.472 e. The molecule has 3 nitrogen and oxygen atoms in total. The molecule has 0 aliphatic heterocycles. The van der Waals surface area contributed by atoms with Gasteiger partial charge in [-0.05, 0) is 13.0 Å². The van der Waals surface area contributed by atoms with Gasteiger partial charge in [-0.25, -0.2) is 0 Å². The monoisotopic (exact) mass is 141 g/mol. The van der Waals surface area contributed by atoms with Crippen molar-refractivity contribution in [1.82, 2.24) is 0 Å². The molecule has 3 heteroatoms. The zero-order valence-corrected chi connectivity index (χ0v) is 5.82. The van der Waals surface area contributed by atoms with Gasteiger partial charge in [-0.15, -0.1) is 0 Å². The lowest BCUT2D eigenvalue weighted by atomic mass is 10.1. The van der Waals surface area contributed by atoms with Crippen LogP contribution in [0.1, 0.15) is 18.5 Å². The largest absolute Gasteiger partial charge is 0.472 e. The molecule has 0 saturated heterocycles. The highest BCUT2D eigenvalue weighted by Gasteiger charge is 2.11. The Morgan fingerprint density at radius 1 is 1.70 bits per heavy atom. The van der Waals surface area contributed by atoms with Gasteiger partial charge in [0.25, 0.3) is 0 Å². The quantitative estimate of drug-likeness (QED) is 0.636. The summed E-state index contributed by atoms with van der Waals surface area (Å²) in [7, 11) is 0. The van der Waals surface area contributed by atoms with Gasteiger partial charge in [-0.2, -0.15) is 0 Å². The van der Waals surface area contributed by atoms with E-state index >= 15 is 0 Å². The van der Waals surface area contributed by atoms with Crippen molar-refractivity contribution in [2.75, 3.05) is 0 Å². The molecule has 0 aliphatic rings. The molecule has 0 amide bonds. The van der Waals surface area contributed by atoms with Crippen LogP contribution in [0, 0.1) is 0 Å². The molecule has 1 aromatic heterocycles. The number of furan rings is 1. The molecule has 0 fully saturated rings. The zero-order chi connectivity index (χ0) is 7.56. The first-order valence-corrected chi connectivity index (χ1v) is 3.17. The average molecular weight is 141 g/mol. The molecule has 0 radical (unpaired) electrons. The molecule has 3 N–H and O–H groups in total. The third-order valence-corrected chi connectivity index (χ3v) is 1.45. The maximum atomic E-state index is 9.03. The van der Waals surface area contributed by atoms with Crippen LogP contribution in [0.2, 0.25) is 0 Å². The van der Waals surface area contributed by atoms with Crippen LogP contribution in [0.4, 0.5) is 0 Å². The second kappa shape index (κ2) is 2.86. The van der Waals surface area contributed by atoms with Crippen molar-refractivity contribution < 1.29 is 9.52 Å². The SMILES string of the molecule is CC(O)C(N)c1ccoc1. The second-order valence-corrected chi connectivity index (χ2v) is 2.32. The van der Waals surface area contributed by atoms with Crippen molar-refractivity contribution in [3.8, 4) is 0 Å². The Bertz CT molecular complexity index is 181. The maximum Gasteiger partial charge on any atom is 0.0951 e. The molecule has 1 heterocycles. The molecule has 0 aliphatic carbocycles. The van der Waals surface area contributed by atoms with Crippen molar-refractivity contribution in [3.05, 3.63) is 24.2 Å². The van der Waals surface area contributed by atoms with E-state index in [1.54, 1.807) is 13.0 Å². The minimum atomic E-state index is -0.530. The van der Waals surface area contributed by atoms with Gasteiger partial charge in [0.1, 0.15) is 0 Å². The highest BCUT2D eigenvalue weighted by Crippen LogP contribution is 2.13. The standard InChI is InChI=1S/C7H11NO2/c1-5(9)7(8)6-2-3-10-4-6/h2-5,7,9H,8H2,1H3. The van der Waals surface area contributed by atoms with Crippen LogP contribution in [-0.2, 0) is 0 Å². The Hall–Kier alpha value is -0.800. The molecule has 0 saturated carbocycles. The van der Waals surface area contributed by atoms with E-state index in [0.717, 1.165) is 5.56 Å². The number of aliphatic hydroxyl groups excluding tert-OH is 1. The topological polar surface area (TPSA) is 59.4 Å². The van der Waals surface area contributed by atoms with Crippen LogP contribution in [-0.4, -0.2) is 11.2 Å². The average Bonchev–Trinajstić information content (AvgIpc) is 2.36. The molecule has 2 unspecified atom stereocenters. The first-order chi connectivity index (χ1) is 4.72. The third kappa shape index (κ3) is 1.37. The van der Waals surface area contributed by atoms with Crippen molar-refractivity contribution in [1.29, 1.82) is 0 Å². The van der Waals surface area contributed by atoms with Crippen LogP contribution in [0.15, 0.2) is 23.0 Å². The van der Waals surface area contributed by atoms with Crippen LogP contribution in [0.3, 0.4) is 0 Å². The van der Waals surface area contributed by atoms with E-state index in [1.807, 2.05) is 0 Å². The number of hydrogen-bond acceptors (Lipinski definition) is 3. The zero-order valence-electron chi connectivity index (χ0n) is 5.82. The Morgan fingerprint density at radius 3 is 2.80 bits per heavy atom. The number of rotatable bonds is 2. The summed E-state index contributed by atoms with van der Waals surface area (Å²) < 4.78 is 4.79. The van der Waals surface area contributed by atoms with Crippen molar-refractivity contribution >= 4 is 0 Å². The lowest BCUT2D eigenvalue weighted by molar-refractivity contribution is 0.164. The number of aliphatic hydroxyl groups is 1. The van der Waals surface area contributed by atoms with E-state index < -0.39 is 6.10 Å². The fourth-order valence-corrected chi connectivity index (χ4v) is 0.743. The fraction of sp³-hybridized carbons (Fsp3) is 0.429. The number of hydrogen-bond donors (Lipinski definition) is 2. The third-order valence-electron chi connectivity index (χ3n) is 1.45. The Balaban J connectivity index is 2.68. The van der Waals surface area contributed by atoms with Crippen LogP contribution in [0.5, 0.6) is 0 Å². The Morgan fingerprint density at radius 2 is 2.40 bits per heavy atom. The predicted octanol–water partition coefficient (Wildman–Crippen LogP) is 0.660. The fourth-order valence-electron chi connectivity index (χ4n) is 0.743. The normalized spacial score (nSPS) is 16.7. The van der Waals surface area contributed by atoms with Crippen molar-refractivity contribution in [2.45, 2.75) is 19.1 Å². The molecule has 56 valence electrons. The van der Waals surface area contributed by atoms with Gasteiger partial charge in [-0.3, -0.25) is 0 Å². The van der Waals surface area contributed by atoms with Gasteiger partial charge in [-0.1, -0.05) is 0 Å². The summed E-state index contributed by atoms with van der Waals surface area (Å²) in [6.07, 6.45) is 2.55. The van der Waals surface area contributed by atoms with Gasteiger partial charge in [0, 0.05) is 5.56 Å². The summed E-state index contributed by atoms with van der Waals surface area (Å²) >= 11 is 0. The Labute approximate surface area is 59.5 Å². The molecule has 0 aromatic carbocycles. The predicted molar refractivity (Wildman–Crippen MR) is 37.3 cm³/mol. The highest BCUT2D eigenvalue weighted by molar-refractivity contribution is 5.11. The van der Waals surface area contributed by atoms with Gasteiger partial charge in [0.05, 0.1) is 24.7 Å². The summed E-state index contributed by atoms with van der Waals surface area (Å²) in [6, 6.07) is 1.41. The van der Waals surface area contributed by atoms with Crippen LogP contribution >= 0.6 is 0 Å². The summed E-state index contributed by atoms with van der Waals surface area (Å²) in [5.41, 5.74) is 6.40. The van der Waals surface area contributed by atoms with E-state index in [2.05, 4.69) is 0 Å². The summed E-state index contributed by atoms with van der Waals surface area (Å²) in [6.45, 7) is 1.65. The molecule has 0 spiro atoms. The van der Waals surface area contributed by atoms with Gasteiger partial charge < -0.3 is 15.3 Å². The van der Waals surface area contributed by atoms with E-state index in [-0.39, 0.29) is 6.04 Å². The molecule has 1 rings (SSSR count). The van der Waals surface area contributed by atoms with E-state index in [9.17, 15) is 0 Å². The minimum absolute atomic E-state index is 0.334.